The molecule has 0 saturated carbocycles. The fourth-order valence-electron chi connectivity index (χ4n) is 4.98. The molecule has 8 heteroatoms. The molecule has 7 atom stereocenters. The fraction of sp³-hybridized carbons (Fsp3) is 0.889. The fourth-order valence-corrected chi connectivity index (χ4v) is 4.98. The maximum Gasteiger partial charge on any atom is 0.320 e. The molecule has 4 saturated heterocycles. The van der Waals surface area contributed by atoms with Crippen LogP contribution in [0, 0.1) is 17.2 Å². The zero-order chi connectivity index (χ0) is 18.3. The van der Waals surface area contributed by atoms with Gasteiger partial charge in [-0.1, -0.05) is 0 Å². The zero-order valence-corrected chi connectivity index (χ0v) is 15.6. The van der Waals surface area contributed by atoms with E-state index in [-0.39, 0.29) is 42.6 Å². The highest BCUT2D eigenvalue weighted by Gasteiger charge is 2.51. The number of hydrogen-bond acceptors (Lipinski definition) is 6. The molecule has 26 heavy (non-hydrogen) atoms. The van der Waals surface area contributed by atoms with Crippen LogP contribution >= 0.6 is 0 Å². The average Bonchev–Trinajstić information content (AvgIpc) is 2.99. The van der Waals surface area contributed by atoms with Gasteiger partial charge in [0.25, 0.3) is 0 Å². The number of nitrogens with zero attached hydrogens (tertiary/aromatic N) is 3. The largest absolute Gasteiger partial charge is 0.376 e. The standard InChI is InChI=1S/C18H30N6O2/c1-11-4-3-9-26-13-7-8-20-16-15(13)24(18(25)22-16)14-6-5-12(10-19)17(21-14)23(11)2/h11-17,20-21H,3-9H2,1-2H3,(H,22,25)/t11-,12?,13?,14?,15?,16?,17?/m1/s1. The lowest BCUT2D eigenvalue weighted by atomic mass is 9.91. The van der Waals surface area contributed by atoms with Crippen LogP contribution in [0.2, 0.25) is 0 Å². The van der Waals surface area contributed by atoms with Crippen LogP contribution < -0.4 is 16.0 Å². The molecule has 4 rings (SSSR count). The van der Waals surface area contributed by atoms with Gasteiger partial charge in [-0.05, 0) is 52.6 Å². The summed E-state index contributed by atoms with van der Waals surface area (Å²) < 4.78 is 6.24. The molecule has 0 aromatic rings. The van der Waals surface area contributed by atoms with Gasteiger partial charge >= 0.3 is 6.03 Å². The van der Waals surface area contributed by atoms with Crippen LogP contribution in [-0.2, 0) is 4.74 Å². The van der Waals surface area contributed by atoms with Crippen molar-refractivity contribution in [2.45, 2.75) is 75.7 Å². The Morgan fingerprint density at radius 1 is 1.27 bits per heavy atom. The Labute approximate surface area is 155 Å². The molecule has 0 aliphatic carbocycles. The summed E-state index contributed by atoms with van der Waals surface area (Å²) in [5.41, 5.74) is 0. The van der Waals surface area contributed by atoms with Crippen LogP contribution in [0.25, 0.3) is 0 Å². The summed E-state index contributed by atoms with van der Waals surface area (Å²) in [6, 6.07) is 2.78. The van der Waals surface area contributed by atoms with Gasteiger partial charge in [0.1, 0.15) is 6.17 Å². The Bertz CT molecular complexity index is 581. The van der Waals surface area contributed by atoms with Gasteiger partial charge in [-0.25, -0.2) is 4.79 Å². The van der Waals surface area contributed by atoms with Crippen molar-refractivity contribution < 1.29 is 9.53 Å². The number of fused-ring (bicyclic) bond motifs is 3. The lowest BCUT2D eigenvalue weighted by Gasteiger charge is -2.47. The Morgan fingerprint density at radius 3 is 2.92 bits per heavy atom. The molecule has 8 nitrogen and oxygen atoms in total. The van der Waals surface area contributed by atoms with E-state index in [1.807, 2.05) is 4.90 Å². The maximum absolute atomic E-state index is 12.8. The lowest BCUT2D eigenvalue weighted by molar-refractivity contribution is -0.0545. The second kappa shape index (κ2) is 7.31. The Kier molecular flexibility index (Phi) is 5.06. The second-order valence-electron chi connectivity index (χ2n) is 8.07. The van der Waals surface area contributed by atoms with Crippen LogP contribution in [-0.4, -0.2) is 72.7 Å². The molecule has 0 aromatic heterocycles. The molecular formula is C18H30N6O2. The molecule has 144 valence electrons. The van der Waals surface area contributed by atoms with E-state index >= 15 is 0 Å². The van der Waals surface area contributed by atoms with Gasteiger partial charge in [0.2, 0.25) is 0 Å². The smallest absolute Gasteiger partial charge is 0.320 e. The highest BCUT2D eigenvalue weighted by Crippen LogP contribution is 2.31. The third-order valence-corrected chi connectivity index (χ3v) is 6.58. The third kappa shape index (κ3) is 3.07. The van der Waals surface area contributed by atoms with Gasteiger partial charge in [0, 0.05) is 12.6 Å². The van der Waals surface area contributed by atoms with Crippen LogP contribution in [0.1, 0.15) is 39.0 Å². The van der Waals surface area contributed by atoms with Crippen molar-refractivity contribution >= 4 is 6.03 Å². The number of urea groups is 1. The molecule has 4 fully saturated rings. The van der Waals surface area contributed by atoms with Crippen molar-refractivity contribution in [3.8, 4) is 6.07 Å². The molecule has 0 aromatic carbocycles. The summed E-state index contributed by atoms with van der Waals surface area (Å²) in [4.78, 5) is 17.0. The van der Waals surface area contributed by atoms with Crippen molar-refractivity contribution in [2.24, 2.45) is 5.92 Å². The monoisotopic (exact) mass is 362 g/mol. The maximum atomic E-state index is 12.8. The molecule has 4 heterocycles. The summed E-state index contributed by atoms with van der Waals surface area (Å²) in [6.07, 6.45) is 4.43. The van der Waals surface area contributed by atoms with Crippen LogP contribution in [0.4, 0.5) is 4.79 Å². The van der Waals surface area contributed by atoms with E-state index in [9.17, 15) is 10.1 Å². The van der Waals surface area contributed by atoms with Crippen LogP contribution in [0.3, 0.4) is 0 Å². The molecule has 2 amide bonds. The van der Waals surface area contributed by atoms with Crippen molar-refractivity contribution in [1.82, 2.24) is 25.8 Å². The molecule has 4 aliphatic rings. The molecule has 2 bridgehead atoms. The predicted octanol–water partition coefficient (Wildman–Crippen LogP) is 0.374. The SMILES string of the molecule is C[C@@H]1CCCOC2CCNC3NC(=O)N(C4CCC(C#N)C(N4)N1C)C32. The number of carbonyl (C=O) groups excluding carboxylic acids is 1. The Hall–Kier alpha value is -1.40. The predicted molar refractivity (Wildman–Crippen MR) is 95.8 cm³/mol. The molecular weight excluding hydrogens is 332 g/mol. The first kappa shape index (κ1) is 18.0. The molecule has 0 spiro atoms. The normalized spacial score (nSPS) is 44.3. The van der Waals surface area contributed by atoms with E-state index in [0.29, 0.717) is 6.04 Å². The van der Waals surface area contributed by atoms with Crippen LogP contribution in [0.15, 0.2) is 0 Å². The Morgan fingerprint density at radius 2 is 2.12 bits per heavy atom. The van der Waals surface area contributed by atoms with E-state index in [4.69, 9.17) is 4.74 Å². The number of hydrogen-bond donors (Lipinski definition) is 3. The minimum Gasteiger partial charge on any atom is -0.376 e. The van der Waals surface area contributed by atoms with E-state index in [2.05, 4.69) is 40.9 Å². The van der Waals surface area contributed by atoms with E-state index in [0.717, 1.165) is 45.3 Å². The topological polar surface area (TPSA) is 92.7 Å². The molecule has 6 unspecified atom stereocenters. The number of nitriles is 1. The first-order valence-corrected chi connectivity index (χ1v) is 9.91. The number of ether oxygens (including phenoxy) is 1. The highest BCUT2D eigenvalue weighted by molar-refractivity contribution is 5.78. The van der Waals surface area contributed by atoms with Gasteiger partial charge < -0.3 is 15.0 Å². The lowest BCUT2D eigenvalue weighted by Crippen LogP contribution is -2.66. The summed E-state index contributed by atoms with van der Waals surface area (Å²) in [7, 11) is 2.08. The van der Waals surface area contributed by atoms with E-state index in [1.165, 1.54) is 0 Å². The van der Waals surface area contributed by atoms with Gasteiger partial charge in [-0.2, -0.15) is 5.26 Å². The van der Waals surface area contributed by atoms with E-state index < -0.39 is 0 Å². The summed E-state index contributed by atoms with van der Waals surface area (Å²) in [5.74, 6) is -0.0559. The van der Waals surface area contributed by atoms with Crippen LogP contribution in [0.5, 0.6) is 0 Å². The highest BCUT2D eigenvalue weighted by atomic mass is 16.5. The van der Waals surface area contributed by atoms with Crippen molar-refractivity contribution in [3.63, 3.8) is 0 Å². The second-order valence-corrected chi connectivity index (χ2v) is 8.07. The number of rotatable bonds is 0. The summed E-state index contributed by atoms with van der Waals surface area (Å²) in [5, 5.41) is 19.8. The van der Waals surface area contributed by atoms with Gasteiger partial charge in [0.05, 0.1) is 36.5 Å². The minimum atomic E-state index is -0.0697. The average molecular weight is 362 g/mol. The molecule has 4 aliphatic heterocycles. The van der Waals surface area contributed by atoms with Crippen molar-refractivity contribution in [2.75, 3.05) is 20.2 Å². The quantitative estimate of drug-likeness (QED) is 0.577. The van der Waals surface area contributed by atoms with Gasteiger partial charge in [0.15, 0.2) is 0 Å². The van der Waals surface area contributed by atoms with Gasteiger partial charge in [-0.15, -0.1) is 0 Å². The Balaban J connectivity index is 1.64. The number of nitrogens with one attached hydrogen (secondary N) is 3. The summed E-state index contributed by atoms with van der Waals surface area (Å²) in [6.45, 7) is 3.78. The molecule has 0 radical (unpaired) electrons. The first-order chi connectivity index (χ1) is 12.6. The zero-order valence-electron chi connectivity index (χ0n) is 15.6. The number of piperidine rings is 2. The third-order valence-electron chi connectivity index (χ3n) is 6.58. The van der Waals surface area contributed by atoms with E-state index in [1.54, 1.807) is 0 Å². The van der Waals surface area contributed by atoms with Crippen molar-refractivity contribution in [3.05, 3.63) is 0 Å². The number of amides is 2. The first-order valence-electron chi connectivity index (χ1n) is 9.91. The minimum absolute atomic E-state index is 0.00445. The van der Waals surface area contributed by atoms with Gasteiger partial charge in [-0.3, -0.25) is 15.5 Å². The van der Waals surface area contributed by atoms with Crippen molar-refractivity contribution in [1.29, 1.82) is 5.26 Å². The summed E-state index contributed by atoms with van der Waals surface area (Å²) >= 11 is 0. The number of carbonyl (C=O) groups is 1. The molecule has 3 N–H and O–H groups in total.